The fourth-order valence-corrected chi connectivity index (χ4v) is 4.85. The molecule has 35 heavy (non-hydrogen) atoms. The molecule has 2 amide bonds. The fourth-order valence-electron chi connectivity index (χ4n) is 3.35. The first-order chi connectivity index (χ1) is 16.7. The van der Waals surface area contributed by atoms with E-state index in [0.29, 0.717) is 30.6 Å². The highest BCUT2D eigenvalue weighted by Gasteiger charge is 2.20. The molecule has 0 fully saturated rings. The van der Waals surface area contributed by atoms with E-state index >= 15 is 0 Å². The van der Waals surface area contributed by atoms with Crippen LogP contribution in [-0.2, 0) is 4.79 Å². The maximum Gasteiger partial charge on any atom is 0.280 e. The minimum Gasteiger partial charge on any atom is -0.319 e. The van der Waals surface area contributed by atoms with Crippen molar-refractivity contribution in [2.75, 3.05) is 5.43 Å². The summed E-state index contributed by atoms with van der Waals surface area (Å²) in [4.78, 5) is 43.2. The highest BCUT2D eigenvalue weighted by molar-refractivity contribution is 9.11. The van der Waals surface area contributed by atoms with Crippen LogP contribution in [0.15, 0.2) is 80.5 Å². The number of nitrogens with zero attached hydrogens (tertiary/aromatic N) is 2. The van der Waals surface area contributed by atoms with Gasteiger partial charge in [0.15, 0.2) is 5.82 Å². The monoisotopic (exact) mass is 614 g/mol. The van der Waals surface area contributed by atoms with E-state index in [0.717, 1.165) is 4.68 Å². The van der Waals surface area contributed by atoms with E-state index in [1.807, 2.05) is 0 Å². The van der Waals surface area contributed by atoms with E-state index in [9.17, 15) is 14.4 Å². The lowest BCUT2D eigenvalue weighted by Gasteiger charge is -2.17. The van der Waals surface area contributed by atoms with Crippen LogP contribution in [0.3, 0.4) is 0 Å². The Balaban J connectivity index is 2.00. The average molecular weight is 617 g/mol. The second-order valence-electron chi connectivity index (χ2n) is 7.43. The Bertz CT molecular complexity index is 1550. The Morgan fingerprint density at radius 1 is 1.03 bits per heavy atom. The Morgan fingerprint density at radius 3 is 2.40 bits per heavy atom. The van der Waals surface area contributed by atoms with Crippen LogP contribution in [-0.4, -0.2) is 21.5 Å². The van der Waals surface area contributed by atoms with Gasteiger partial charge in [-0.2, -0.15) is 4.68 Å². The number of carbonyl (C=O) groups is 2. The Kier molecular flexibility index (Phi) is 7.49. The number of halogens is 3. The Labute approximate surface area is 222 Å². The predicted octanol–water partition coefficient (Wildman–Crippen LogP) is 5.59. The van der Waals surface area contributed by atoms with Gasteiger partial charge in [-0.25, -0.2) is 4.98 Å². The zero-order valence-corrected chi connectivity index (χ0v) is 22.1. The normalized spacial score (nSPS) is 11.4. The van der Waals surface area contributed by atoms with Crippen LogP contribution in [0, 0.1) is 0 Å². The van der Waals surface area contributed by atoms with Crippen molar-refractivity contribution < 1.29 is 9.59 Å². The van der Waals surface area contributed by atoms with E-state index < -0.39 is 17.4 Å². The first-order valence-electron chi connectivity index (χ1n) is 10.3. The molecule has 0 aliphatic heterocycles. The maximum atomic E-state index is 13.5. The van der Waals surface area contributed by atoms with E-state index in [1.54, 1.807) is 72.8 Å². The van der Waals surface area contributed by atoms with Gasteiger partial charge in [0, 0.05) is 26.5 Å². The highest BCUT2D eigenvalue weighted by Crippen LogP contribution is 2.27. The third-order valence-corrected chi connectivity index (χ3v) is 6.30. The summed E-state index contributed by atoms with van der Waals surface area (Å²) in [6.07, 6.45) is 1.60. The number of fused-ring (bicyclic) bond motifs is 1. The lowest BCUT2D eigenvalue weighted by molar-refractivity contribution is -0.115. The van der Waals surface area contributed by atoms with E-state index in [2.05, 4.69) is 47.6 Å². The molecule has 0 aliphatic rings. The van der Waals surface area contributed by atoms with E-state index in [4.69, 9.17) is 11.6 Å². The summed E-state index contributed by atoms with van der Waals surface area (Å²) in [6, 6.07) is 19.0. The molecule has 1 aromatic heterocycles. The zero-order valence-electron chi connectivity index (χ0n) is 18.2. The van der Waals surface area contributed by atoms with Crippen LogP contribution in [0.5, 0.6) is 0 Å². The van der Waals surface area contributed by atoms with E-state index in [-0.39, 0.29) is 16.9 Å². The molecule has 10 heteroatoms. The molecular weight excluding hydrogens is 600 g/mol. The lowest BCUT2D eigenvalue weighted by atomic mass is 10.1. The molecule has 0 aliphatic carbocycles. The SMILES string of the molecule is CC(=O)Nn1c(/C(=C/c2ccccc2Cl)NC(=O)c2ccccc2)nc2c(Br)cc(Br)cc2c1=O. The second-order valence-corrected chi connectivity index (χ2v) is 9.60. The van der Waals surface area contributed by atoms with Crippen molar-refractivity contribution in [2.24, 2.45) is 0 Å². The van der Waals surface area contributed by atoms with Crippen LogP contribution >= 0.6 is 43.5 Å². The first kappa shape index (κ1) is 24.8. The standard InChI is InChI=1S/C25H17Br2ClN4O3/c1-14(33)31-32-23(30-22-18(25(32)35)12-17(26)13-19(22)27)21(11-16-9-5-6-10-20(16)28)29-24(34)15-7-3-2-4-8-15/h2-13H,1H3,(H,29,34)(H,31,33)/b21-11-. The minimum absolute atomic E-state index is 0.0184. The summed E-state index contributed by atoms with van der Waals surface area (Å²) in [7, 11) is 0. The summed E-state index contributed by atoms with van der Waals surface area (Å²) >= 11 is 13.2. The number of benzene rings is 3. The zero-order chi connectivity index (χ0) is 25.1. The summed E-state index contributed by atoms with van der Waals surface area (Å²) in [5.41, 5.74) is 3.48. The quantitative estimate of drug-likeness (QED) is 0.306. The van der Waals surface area contributed by atoms with Crippen molar-refractivity contribution >= 4 is 78.0 Å². The van der Waals surface area contributed by atoms with Crippen molar-refractivity contribution in [3.05, 3.63) is 108 Å². The molecule has 0 unspecified atom stereocenters. The number of rotatable bonds is 5. The third-order valence-electron chi connectivity index (χ3n) is 4.89. The topological polar surface area (TPSA) is 93.1 Å². The Morgan fingerprint density at radius 2 is 1.71 bits per heavy atom. The summed E-state index contributed by atoms with van der Waals surface area (Å²) in [5.74, 6) is -0.900. The minimum atomic E-state index is -0.527. The molecule has 7 nitrogen and oxygen atoms in total. The number of hydrogen-bond acceptors (Lipinski definition) is 4. The largest absolute Gasteiger partial charge is 0.319 e. The molecule has 0 saturated carbocycles. The molecule has 2 N–H and O–H groups in total. The number of hydrogen-bond donors (Lipinski definition) is 2. The summed E-state index contributed by atoms with van der Waals surface area (Å²) in [6.45, 7) is 1.28. The number of nitrogens with one attached hydrogen (secondary N) is 2. The summed E-state index contributed by atoms with van der Waals surface area (Å²) in [5, 5.41) is 3.52. The van der Waals surface area contributed by atoms with Crippen molar-refractivity contribution in [3.63, 3.8) is 0 Å². The van der Waals surface area contributed by atoms with Crippen LogP contribution in [0.1, 0.15) is 28.7 Å². The summed E-state index contributed by atoms with van der Waals surface area (Å²) < 4.78 is 2.22. The lowest BCUT2D eigenvalue weighted by Crippen LogP contribution is -2.37. The van der Waals surface area contributed by atoms with Crippen LogP contribution in [0.25, 0.3) is 22.7 Å². The molecule has 4 rings (SSSR count). The van der Waals surface area contributed by atoms with Gasteiger partial charge in [0.05, 0.1) is 16.6 Å². The molecule has 0 atom stereocenters. The fraction of sp³-hybridized carbons (Fsp3) is 0.0400. The van der Waals surface area contributed by atoms with Gasteiger partial charge in [-0.15, -0.1) is 0 Å². The van der Waals surface area contributed by atoms with Crippen molar-refractivity contribution in [1.29, 1.82) is 0 Å². The van der Waals surface area contributed by atoms with Gasteiger partial charge in [-0.05, 0) is 57.9 Å². The molecule has 176 valence electrons. The van der Waals surface area contributed by atoms with Gasteiger partial charge in [-0.1, -0.05) is 63.9 Å². The average Bonchev–Trinajstić information content (AvgIpc) is 2.82. The van der Waals surface area contributed by atoms with Crippen LogP contribution in [0.4, 0.5) is 0 Å². The second kappa shape index (κ2) is 10.6. The Hall–Kier alpha value is -3.27. The predicted molar refractivity (Wildman–Crippen MR) is 145 cm³/mol. The first-order valence-corrected chi connectivity index (χ1v) is 12.2. The van der Waals surface area contributed by atoms with Gasteiger partial charge in [0.25, 0.3) is 11.5 Å². The maximum absolute atomic E-state index is 13.5. The molecular formula is C25H17Br2ClN4O3. The molecule has 4 aromatic rings. The number of carbonyl (C=O) groups excluding carboxylic acids is 2. The molecule has 3 aromatic carbocycles. The van der Waals surface area contributed by atoms with Crippen LogP contribution < -0.4 is 16.3 Å². The van der Waals surface area contributed by atoms with Gasteiger partial charge < -0.3 is 5.32 Å². The number of amides is 2. The van der Waals surface area contributed by atoms with Crippen molar-refractivity contribution in [2.45, 2.75) is 6.92 Å². The van der Waals surface area contributed by atoms with E-state index in [1.165, 1.54) is 6.92 Å². The number of aromatic nitrogens is 2. The molecule has 0 radical (unpaired) electrons. The molecule has 0 saturated heterocycles. The van der Waals surface area contributed by atoms with Gasteiger partial charge in [-0.3, -0.25) is 19.8 Å². The van der Waals surface area contributed by atoms with Crippen molar-refractivity contribution in [1.82, 2.24) is 15.0 Å². The smallest absolute Gasteiger partial charge is 0.280 e. The van der Waals surface area contributed by atoms with Gasteiger partial charge >= 0.3 is 0 Å². The van der Waals surface area contributed by atoms with Gasteiger partial charge in [0.2, 0.25) is 5.91 Å². The molecule has 0 spiro atoms. The molecule has 0 bridgehead atoms. The highest BCUT2D eigenvalue weighted by atomic mass is 79.9. The van der Waals surface area contributed by atoms with Crippen LogP contribution in [0.2, 0.25) is 5.02 Å². The third kappa shape index (κ3) is 5.53. The molecule has 1 heterocycles. The van der Waals surface area contributed by atoms with Gasteiger partial charge in [0.1, 0.15) is 0 Å². The van der Waals surface area contributed by atoms with Crippen molar-refractivity contribution in [3.8, 4) is 0 Å².